The first-order valence-electron chi connectivity index (χ1n) is 5.06. The van der Waals surface area contributed by atoms with Crippen LogP contribution in [-0.4, -0.2) is 54.1 Å². The highest BCUT2D eigenvalue weighted by atomic mass is 16.2. The number of nitrogens with zero attached hydrogens (tertiary/aromatic N) is 2. The molecule has 0 aromatic rings. The molecule has 0 unspecified atom stereocenters. The zero-order valence-corrected chi connectivity index (χ0v) is 9.15. The molecule has 0 radical (unpaired) electrons. The molecule has 0 bridgehead atoms. The lowest BCUT2D eigenvalue weighted by Gasteiger charge is -2.18. The van der Waals surface area contributed by atoms with Crippen molar-refractivity contribution >= 4 is 17.6 Å². The first-order valence-corrected chi connectivity index (χ1v) is 5.06. The molecule has 0 atom stereocenters. The number of likely N-dealkylation sites (N-methyl/N-ethyl adjacent to an activating group) is 1. The van der Waals surface area contributed by atoms with Crippen LogP contribution in [0.25, 0.3) is 0 Å². The molecule has 0 aliphatic carbocycles. The van der Waals surface area contributed by atoms with E-state index >= 15 is 0 Å². The lowest BCUT2D eigenvalue weighted by atomic mass is 10.3. The van der Waals surface area contributed by atoms with E-state index in [0.717, 1.165) is 6.42 Å². The first kappa shape index (κ1) is 11.7. The Morgan fingerprint density at radius 2 is 1.93 bits per heavy atom. The summed E-state index contributed by atoms with van der Waals surface area (Å²) < 4.78 is 0. The molecule has 1 aliphatic rings. The van der Waals surface area contributed by atoms with Gasteiger partial charge in [0.15, 0.2) is 0 Å². The molecule has 1 aliphatic heterocycles. The molecule has 0 spiro atoms. The predicted octanol–water partition coefficient (Wildman–Crippen LogP) is -0.344. The van der Waals surface area contributed by atoms with Crippen molar-refractivity contribution in [3.05, 3.63) is 0 Å². The van der Waals surface area contributed by atoms with Crippen molar-refractivity contribution < 1.29 is 14.4 Å². The molecule has 5 nitrogen and oxygen atoms in total. The van der Waals surface area contributed by atoms with Gasteiger partial charge in [-0.05, 0) is 13.3 Å². The van der Waals surface area contributed by atoms with Gasteiger partial charge in [0.05, 0.1) is 0 Å². The van der Waals surface area contributed by atoms with E-state index in [1.54, 1.807) is 7.05 Å². The third-order valence-electron chi connectivity index (χ3n) is 2.47. The van der Waals surface area contributed by atoms with Gasteiger partial charge in [0.25, 0.3) is 0 Å². The van der Waals surface area contributed by atoms with Gasteiger partial charge >= 0.3 is 11.8 Å². The summed E-state index contributed by atoms with van der Waals surface area (Å²) in [6.07, 6.45) is 1.09. The van der Waals surface area contributed by atoms with Crippen LogP contribution in [0.1, 0.15) is 19.8 Å². The molecule has 2 amide bonds. The number of hydrogen-bond acceptors (Lipinski definition) is 3. The number of amides is 2. The maximum atomic E-state index is 11.6. The highest BCUT2D eigenvalue weighted by molar-refractivity contribution is 6.35. The van der Waals surface area contributed by atoms with E-state index in [0.29, 0.717) is 26.1 Å². The van der Waals surface area contributed by atoms with Crippen molar-refractivity contribution in [3.8, 4) is 0 Å². The van der Waals surface area contributed by atoms with E-state index in [4.69, 9.17) is 0 Å². The number of rotatable bonds is 3. The van der Waals surface area contributed by atoms with E-state index in [1.165, 1.54) is 16.7 Å². The molecule has 1 fully saturated rings. The third-order valence-corrected chi connectivity index (χ3v) is 2.47. The van der Waals surface area contributed by atoms with Crippen LogP contribution in [0.4, 0.5) is 0 Å². The summed E-state index contributed by atoms with van der Waals surface area (Å²) in [4.78, 5) is 36.7. The lowest BCUT2D eigenvalue weighted by molar-refractivity contribution is -0.149. The van der Waals surface area contributed by atoms with Gasteiger partial charge in [0.2, 0.25) is 0 Å². The second kappa shape index (κ2) is 4.91. The molecule has 1 rings (SSSR count). The molecule has 0 saturated carbocycles. The fourth-order valence-electron chi connectivity index (χ4n) is 1.51. The molecule has 15 heavy (non-hydrogen) atoms. The highest BCUT2D eigenvalue weighted by Crippen LogP contribution is 2.04. The quantitative estimate of drug-likeness (QED) is 0.601. The Labute approximate surface area is 89.0 Å². The predicted molar refractivity (Wildman–Crippen MR) is 54.1 cm³/mol. The number of hydrogen-bond donors (Lipinski definition) is 0. The summed E-state index contributed by atoms with van der Waals surface area (Å²) in [6, 6.07) is 0. The maximum absolute atomic E-state index is 11.6. The van der Waals surface area contributed by atoms with Gasteiger partial charge < -0.3 is 9.80 Å². The van der Waals surface area contributed by atoms with Gasteiger partial charge in [-0.25, -0.2) is 0 Å². The van der Waals surface area contributed by atoms with Gasteiger partial charge in [0.1, 0.15) is 5.78 Å². The monoisotopic (exact) mass is 212 g/mol. The van der Waals surface area contributed by atoms with Gasteiger partial charge in [0, 0.05) is 33.1 Å². The van der Waals surface area contributed by atoms with Crippen LogP contribution in [0.15, 0.2) is 0 Å². The zero-order chi connectivity index (χ0) is 11.4. The Bertz CT molecular complexity index is 288. The van der Waals surface area contributed by atoms with Crippen molar-refractivity contribution in [1.82, 2.24) is 9.80 Å². The molecule has 84 valence electrons. The lowest BCUT2D eigenvalue weighted by Crippen LogP contribution is -2.41. The molecule has 5 heteroatoms. The normalized spacial score (nSPS) is 18.0. The van der Waals surface area contributed by atoms with Gasteiger partial charge in [-0.15, -0.1) is 0 Å². The number of carbonyl (C=O) groups excluding carboxylic acids is 3. The first-order chi connectivity index (χ1) is 7.02. The average Bonchev–Trinajstić information content (AvgIpc) is 2.29. The van der Waals surface area contributed by atoms with E-state index in [-0.39, 0.29) is 5.78 Å². The van der Waals surface area contributed by atoms with Crippen LogP contribution in [0.2, 0.25) is 0 Å². The Balaban J connectivity index is 2.60. The minimum Gasteiger partial charge on any atom is -0.337 e. The van der Waals surface area contributed by atoms with Gasteiger partial charge in [-0.2, -0.15) is 0 Å². The molecule has 1 heterocycles. The summed E-state index contributed by atoms with van der Waals surface area (Å²) in [5.41, 5.74) is 0. The largest absolute Gasteiger partial charge is 0.337 e. The Morgan fingerprint density at radius 3 is 2.53 bits per heavy atom. The highest BCUT2D eigenvalue weighted by Gasteiger charge is 2.27. The van der Waals surface area contributed by atoms with E-state index in [9.17, 15) is 14.4 Å². The molecule has 0 N–H and O–H groups in total. The topological polar surface area (TPSA) is 57.7 Å². The zero-order valence-electron chi connectivity index (χ0n) is 9.15. The molecular weight excluding hydrogens is 196 g/mol. The molecule has 0 aromatic heterocycles. The van der Waals surface area contributed by atoms with Gasteiger partial charge in [-0.1, -0.05) is 0 Å². The standard InChI is InChI=1S/C10H16N2O3/c1-8(13)4-7-12-6-3-5-11(2)9(14)10(12)15/h3-7H2,1-2H3. The molecule has 1 saturated heterocycles. The number of carbonyl (C=O) groups is 3. The average molecular weight is 212 g/mol. The van der Waals surface area contributed by atoms with Crippen LogP contribution in [0.5, 0.6) is 0 Å². The van der Waals surface area contributed by atoms with Crippen LogP contribution < -0.4 is 0 Å². The van der Waals surface area contributed by atoms with E-state index < -0.39 is 11.8 Å². The van der Waals surface area contributed by atoms with Crippen LogP contribution in [0.3, 0.4) is 0 Å². The summed E-state index contributed by atoms with van der Waals surface area (Å²) >= 11 is 0. The summed E-state index contributed by atoms with van der Waals surface area (Å²) in [5.74, 6) is -0.930. The number of ketones is 1. The Kier molecular flexibility index (Phi) is 3.82. The second-order valence-electron chi connectivity index (χ2n) is 3.82. The van der Waals surface area contributed by atoms with Crippen molar-refractivity contribution in [3.63, 3.8) is 0 Å². The minimum atomic E-state index is -0.490. The van der Waals surface area contributed by atoms with Crippen LogP contribution in [-0.2, 0) is 14.4 Å². The third kappa shape index (κ3) is 3.04. The van der Waals surface area contributed by atoms with Crippen LogP contribution in [0, 0.1) is 0 Å². The van der Waals surface area contributed by atoms with Gasteiger partial charge in [-0.3, -0.25) is 14.4 Å². The van der Waals surface area contributed by atoms with E-state index in [2.05, 4.69) is 0 Å². The SMILES string of the molecule is CC(=O)CCN1CCCN(C)C(=O)C1=O. The van der Waals surface area contributed by atoms with Crippen molar-refractivity contribution in [2.24, 2.45) is 0 Å². The summed E-state index contributed by atoms with van der Waals surface area (Å²) in [5, 5.41) is 0. The van der Waals surface area contributed by atoms with Crippen molar-refractivity contribution in [2.45, 2.75) is 19.8 Å². The summed E-state index contributed by atoms with van der Waals surface area (Å²) in [6.45, 7) is 2.99. The Morgan fingerprint density at radius 1 is 1.27 bits per heavy atom. The van der Waals surface area contributed by atoms with Crippen molar-refractivity contribution in [2.75, 3.05) is 26.7 Å². The smallest absolute Gasteiger partial charge is 0.312 e. The molecule has 0 aromatic carbocycles. The Hall–Kier alpha value is -1.39. The number of Topliss-reactive ketones (excluding diaryl/α,β-unsaturated/α-hetero) is 1. The summed E-state index contributed by atoms with van der Waals surface area (Å²) in [7, 11) is 1.62. The second-order valence-corrected chi connectivity index (χ2v) is 3.82. The molecular formula is C10H16N2O3. The van der Waals surface area contributed by atoms with Crippen molar-refractivity contribution in [1.29, 1.82) is 0 Å². The minimum absolute atomic E-state index is 0.0350. The maximum Gasteiger partial charge on any atom is 0.312 e. The van der Waals surface area contributed by atoms with Crippen LogP contribution >= 0.6 is 0 Å². The fraction of sp³-hybridized carbons (Fsp3) is 0.700. The van der Waals surface area contributed by atoms with E-state index in [1.807, 2.05) is 0 Å². The fourth-order valence-corrected chi connectivity index (χ4v) is 1.51.